The number of nitrogens with zero attached hydrogens (tertiary/aromatic N) is 2. The summed E-state index contributed by atoms with van der Waals surface area (Å²) < 4.78 is 10.9. The first-order valence-corrected chi connectivity index (χ1v) is 8.48. The quantitative estimate of drug-likeness (QED) is 0.651. The molecular formula is C19H26N2O4. The molecule has 1 atom stereocenters. The standard InChI is InChI=1S/C19H26N2O4/c1-18(2,3)25-17(23)21-11-9-19(14-20,10-12-21)16(22)24-13-15-7-5-4-6-8-15/h4-8,17,23H,9-13H2,1-3H3. The number of carbonyl (C=O) groups is 1. The summed E-state index contributed by atoms with van der Waals surface area (Å²) in [4.78, 5) is 14.2. The fourth-order valence-corrected chi connectivity index (χ4v) is 2.74. The van der Waals surface area contributed by atoms with E-state index < -0.39 is 23.4 Å². The van der Waals surface area contributed by atoms with Crippen molar-refractivity contribution in [2.45, 2.75) is 52.2 Å². The van der Waals surface area contributed by atoms with Gasteiger partial charge in [0.1, 0.15) is 6.61 Å². The molecule has 1 aromatic carbocycles. The molecule has 1 N–H and O–H groups in total. The molecule has 0 amide bonds. The number of aliphatic hydroxyl groups excluding tert-OH is 1. The van der Waals surface area contributed by atoms with Crippen LogP contribution >= 0.6 is 0 Å². The van der Waals surface area contributed by atoms with E-state index in [1.54, 1.807) is 4.90 Å². The maximum atomic E-state index is 12.5. The first-order valence-electron chi connectivity index (χ1n) is 8.48. The predicted octanol–water partition coefficient (Wildman–Crippen LogP) is 2.43. The molecule has 6 heteroatoms. The van der Waals surface area contributed by atoms with E-state index in [0.717, 1.165) is 5.56 Å². The van der Waals surface area contributed by atoms with Gasteiger partial charge in [0.25, 0.3) is 0 Å². The van der Waals surface area contributed by atoms with Crippen molar-refractivity contribution in [3.05, 3.63) is 35.9 Å². The third-order valence-electron chi connectivity index (χ3n) is 4.24. The fraction of sp³-hybridized carbons (Fsp3) is 0.579. The number of ether oxygens (including phenoxy) is 2. The first kappa shape index (κ1) is 19.4. The maximum Gasteiger partial charge on any atom is 0.326 e. The van der Waals surface area contributed by atoms with Gasteiger partial charge in [-0.05, 0) is 39.2 Å². The molecule has 1 aliphatic rings. The highest BCUT2D eigenvalue weighted by Gasteiger charge is 2.44. The topological polar surface area (TPSA) is 82.8 Å². The van der Waals surface area contributed by atoms with Gasteiger partial charge in [-0.3, -0.25) is 9.69 Å². The van der Waals surface area contributed by atoms with Crippen LogP contribution in [0.3, 0.4) is 0 Å². The van der Waals surface area contributed by atoms with Crippen molar-refractivity contribution in [1.82, 2.24) is 4.90 Å². The second-order valence-electron chi connectivity index (χ2n) is 7.35. The van der Waals surface area contributed by atoms with Gasteiger partial charge in [0.05, 0.1) is 11.7 Å². The average Bonchev–Trinajstić information content (AvgIpc) is 2.59. The number of hydrogen-bond donors (Lipinski definition) is 1. The smallest absolute Gasteiger partial charge is 0.326 e. The number of rotatable bonds is 5. The minimum absolute atomic E-state index is 0.155. The van der Waals surface area contributed by atoms with Crippen LogP contribution in [-0.2, 0) is 20.9 Å². The van der Waals surface area contributed by atoms with E-state index in [1.807, 2.05) is 51.1 Å². The largest absolute Gasteiger partial charge is 0.460 e. The highest BCUT2D eigenvalue weighted by molar-refractivity contribution is 5.80. The van der Waals surface area contributed by atoms with Crippen LogP contribution in [0.2, 0.25) is 0 Å². The highest BCUT2D eigenvalue weighted by Crippen LogP contribution is 2.33. The summed E-state index contributed by atoms with van der Waals surface area (Å²) in [5.41, 5.74) is -0.750. The molecule has 1 unspecified atom stereocenters. The van der Waals surface area contributed by atoms with Crippen LogP contribution in [0.25, 0.3) is 0 Å². The molecule has 1 aromatic rings. The van der Waals surface area contributed by atoms with Crippen molar-refractivity contribution in [3.8, 4) is 6.07 Å². The summed E-state index contributed by atoms with van der Waals surface area (Å²) in [5.74, 6) is -0.496. The number of carbonyl (C=O) groups excluding carboxylic acids is 1. The van der Waals surface area contributed by atoms with Crippen LogP contribution < -0.4 is 0 Å². The van der Waals surface area contributed by atoms with Crippen LogP contribution in [0.4, 0.5) is 0 Å². The zero-order valence-electron chi connectivity index (χ0n) is 15.1. The lowest BCUT2D eigenvalue weighted by Crippen LogP contribution is -2.50. The van der Waals surface area contributed by atoms with E-state index in [4.69, 9.17) is 9.47 Å². The number of piperidine rings is 1. The van der Waals surface area contributed by atoms with E-state index in [-0.39, 0.29) is 6.61 Å². The Morgan fingerprint density at radius 1 is 1.32 bits per heavy atom. The highest BCUT2D eigenvalue weighted by atomic mass is 16.6. The molecule has 1 aliphatic heterocycles. The Morgan fingerprint density at radius 3 is 2.44 bits per heavy atom. The van der Waals surface area contributed by atoms with Gasteiger partial charge in [-0.2, -0.15) is 5.26 Å². The summed E-state index contributed by atoms with van der Waals surface area (Å²) in [7, 11) is 0. The van der Waals surface area contributed by atoms with Crippen molar-refractivity contribution in [2.75, 3.05) is 13.1 Å². The molecule has 0 spiro atoms. The Labute approximate surface area is 149 Å². The normalized spacial score (nSPS) is 19.0. The number of esters is 1. The third kappa shape index (κ3) is 5.27. The van der Waals surface area contributed by atoms with E-state index in [2.05, 4.69) is 6.07 Å². The number of aliphatic hydroxyl groups is 1. The van der Waals surface area contributed by atoms with Crippen LogP contribution in [0.5, 0.6) is 0 Å². The Hall–Kier alpha value is -1.94. The Balaban J connectivity index is 1.92. The molecule has 0 radical (unpaired) electrons. The van der Waals surface area contributed by atoms with Crippen LogP contribution in [-0.4, -0.2) is 41.1 Å². The van der Waals surface area contributed by atoms with Gasteiger partial charge in [-0.15, -0.1) is 0 Å². The predicted molar refractivity (Wildman–Crippen MR) is 91.9 cm³/mol. The third-order valence-corrected chi connectivity index (χ3v) is 4.24. The SMILES string of the molecule is CC(C)(C)OC(O)N1CCC(C#N)(C(=O)OCc2ccccc2)CC1. The second-order valence-corrected chi connectivity index (χ2v) is 7.35. The number of hydrogen-bond acceptors (Lipinski definition) is 6. The molecule has 0 aromatic heterocycles. The lowest BCUT2D eigenvalue weighted by atomic mass is 9.80. The van der Waals surface area contributed by atoms with Gasteiger partial charge in [0, 0.05) is 13.1 Å². The molecule has 2 rings (SSSR count). The summed E-state index contributed by atoms with van der Waals surface area (Å²) >= 11 is 0. The van der Waals surface area contributed by atoms with Gasteiger partial charge < -0.3 is 14.6 Å². The van der Waals surface area contributed by atoms with Gasteiger partial charge in [0.2, 0.25) is 6.41 Å². The van der Waals surface area contributed by atoms with Crippen LogP contribution in [0, 0.1) is 16.7 Å². The first-order chi connectivity index (χ1) is 11.8. The Morgan fingerprint density at radius 2 is 1.92 bits per heavy atom. The summed E-state index contributed by atoms with van der Waals surface area (Å²) in [5, 5.41) is 19.7. The maximum absolute atomic E-state index is 12.5. The fourth-order valence-electron chi connectivity index (χ4n) is 2.74. The Kier molecular flexibility index (Phi) is 6.17. The molecule has 0 bridgehead atoms. The van der Waals surface area contributed by atoms with Crippen molar-refractivity contribution in [2.24, 2.45) is 5.41 Å². The average molecular weight is 346 g/mol. The van der Waals surface area contributed by atoms with Crippen molar-refractivity contribution < 1.29 is 19.4 Å². The molecule has 1 saturated heterocycles. The molecule has 0 saturated carbocycles. The van der Waals surface area contributed by atoms with Gasteiger partial charge in [0.15, 0.2) is 5.41 Å². The molecule has 136 valence electrons. The molecule has 25 heavy (non-hydrogen) atoms. The minimum Gasteiger partial charge on any atom is -0.460 e. The summed E-state index contributed by atoms with van der Waals surface area (Å²) in [6, 6.07) is 11.5. The number of benzene rings is 1. The molecule has 1 heterocycles. The monoisotopic (exact) mass is 346 g/mol. The second kappa shape index (κ2) is 7.96. The van der Waals surface area contributed by atoms with Gasteiger partial charge >= 0.3 is 5.97 Å². The van der Waals surface area contributed by atoms with Gasteiger partial charge in [-0.25, -0.2) is 0 Å². The lowest BCUT2D eigenvalue weighted by Gasteiger charge is -2.39. The van der Waals surface area contributed by atoms with Crippen molar-refractivity contribution in [3.63, 3.8) is 0 Å². The molecule has 0 aliphatic carbocycles. The number of likely N-dealkylation sites (tertiary alicyclic amines) is 1. The number of nitriles is 1. The lowest BCUT2D eigenvalue weighted by molar-refractivity contribution is -0.245. The van der Waals surface area contributed by atoms with E-state index in [1.165, 1.54) is 0 Å². The summed E-state index contributed by atoms with van der Waals surface area (Å²) in [6.07, 6.45) is -0.430. The zero-order chi connectivity index (χ0) is 18.5. The van der Waals surface area contributed by atoms with Crippen molar-refractivity contribution in [1.29, 1.82) is 5.26 Å². The Bertz CT molecular complexity index is 611. The molecule has 1 fully saturated rings. The van der Waals surface area contributed by atoms with Crippen molar-refractivity contribution >= 4 is 5.97 Å². The minimum atomic E-state index is -1.16. The van der Waals surface area contributed by atoms with Gasteiger partial charge in [-0.1, -0.05) is 30.3 Å². The van der Waals surface area contributed by atoms with Crippen LogP contribution in [0.15, 0.2) is 30.3 Å². The van der Waals surface area contributed by atoms with E-state index >= 15 is 0 Å². The van der Waals surface area contributed by atoms with E-state index in [0.29, 0.717) is 25.9 Å². The van der Waals surface area contributed by atoms with E-state index in [9.17, 15) is 15.2 Å². The molecule has 6 nitrogen and oxygen atoms in total. The zero-order valence-corrected chi connectivity index (χ0v) is 15.1. The van der Waals surface area contributed by atoms with Crippen LogP contribution in [0.1, 0.15) is 39.2 Å². The summed E-state index contributed by atoms with van der Waals surface area (Å²) in [6.45, 7) is 6.53. The molecular weight excluding hydrogens is 320 g/mol.